The molecule has 3 fully saturated rings. The van der Waals surface area contributed by atoms with E-state index >= 15 is 8.78 Å². The van der Waals surface area contributed by atoms with Crippen LogP contribution in [-0.2, 0) is 33.0 Å². The highest BCUT2D eigenvalue weighted by atomic mass is 32.2. The average Bonchev–Trinajstić information content (AvgIpc) is 3.85. The van der Waals surface area contributed by atoms with Crippen LogP contribution < -0.4 is 15.5 Å². The second-order valence-electron chi connectivity index (χ2n) is 15.7. The van der Waals surface area contributed by atoms with Crippen molar-refractivity contribution in [2.45, 2.75) is 78.9 Å². The first-order valence-electron chi connectivity index (χ1n) is 19.6. The number of anilines is 2. The van der Waals surface area contributed by atoms with Gasteiger partial charge in [-0.25, -0.2) is 27.0 Å². The first kappa shape index (κ1) is 40.1. The van der Waals surface area contributed by atoms with Crippen LogP contribution in [0, 0.1) is 17.7 Å². The number of carbonyl (C=O) groups is 2. The molecule has 3 atom stereocenters. The second kappa shape index (κ2) is 16.4. The lowest BCUT2D eigenvalue weighted by molar-refractivity contribution is -0.111. The highest BCUT2D eigenvalue weighted by Crippen LogP contribution is 2.52. The maximum atomic E-state index is 16.3. The molecule has 0 bridgehead atoms. The topological polar surface area (TPSA) is 137 Å². The zero-order chi connectivity index (χ0) is 40.4. The van der Waals surface area contributed by atoms with Crippen molar-refractivity contribution >= 4 is 33.2 Å². The Labute approximate surface area is 332 Å². The number of benzene rings is 3. The summed E-state index contributed by atoms with van der Waals surface area (Å²) in [7, 11) is -3.87. The summed E-state index contributed by atoms with van der Waals surface area (Å²) in [6.45, 7) is 7.89. The van der Waals surface area contributed by atoms with Crippen LogP contribution in [0.5, 0.6) is 0 Å². The number of aryl methyl sites for hydroxylation is 1. The van der Waals surface area contributed by atoms with E-state index in [2.05, 4.69) is 38.6 Å². The van der Waals surface area contributed by atoms with Gasteiger partial charge in [-0.2, -0.15) is 0 Å². The smallest absolute Gasteiger partial charge is 0.404 e. The van der Waals surface area contributed by atoms with E-state index < -0.39 is 32.9 Å². The SMILES string of the molecule is C=CC(=O)Nc1cccc(S(=O)(=O)c2ccc(N3CC(F)(CN4CCC([C@@](Cn5ccnc5CC)(c5cccc(F)c5)[C@H]5CCC[C@@H]5NC(=O)O)CC4)C3)cc2)c1. The fraction of sp³-hybridized carbons (Fsp3) is 0.419. The van der Waals surface area contributed by atoms with Gasteiger partial charge in [0.25, 0.3) is 0 Å². The molecule has 3 aliphatic rings. The van der Waals surface area contributed by atoms with Gasteiger partial charge in [-0.05, 0) is 117 Å². The van der Waals surface area contributed by atoms with Crippen molar-refractivity contribution in [3.63, 3.8) is 0 Å². The number of hydrogen-bond donors (Lipinski definition) is 3. The summed E-state index contributed by atoms with van der Waals surface area (Å²) < 4.78 is 60.4. The average molecular weight is 801 g/mol. The molecule has 0 unspecified atom stereocenters. The summed E-state index contributed by atoms with van der Waals surface area (Å²) in [5, 5.41) is 15.2. The van der Waals surface area contributed by atoms with Crippen molar-refractivity contribution in [2.75, 3.05) is 42.9 Å². The summed E-state index contributed by atoms with van der Waals surface area (Å²) in [4.78, 5) is 32.5. The lowest BCUT2D eigenvalue weighted by Gasteiger charge is -2.52. The fourth-order valence-electron chi connectivity index (χ4n) is 9.69. The minimum absolute atomic E-state index is 0.0354. The third kappa shape index (κ3) is 8.33. The highest BCUT2D eigenvalue weighted by molar-refractivity contribution is 7.91. The Kier molecular flexibility index (Phi) is 11.6. The molecule has 0 radical (unpaired) electrons. The number of carbonyl (C=O) groups excluding carboxylic acids is 1. The van der Waals surface area contributed by atoms with Crippen LogP contribution in [0.3, 0.4) is 0 Å². The Bertz CT molecular complexity index is 2200. The van der Waals surface area contributed by atoms with Gasteiger partial charge in [-0.3, -0.25) is 9.69 Å². The lowest BCUT2D eigenvalue weighted by Crippen LogP contribution is -2.64. The molecule has 302 valence electrons. The van der Waals surface area contributed by atoms with Crippen LogP contribution in [0.4, 0.5) is 25.0 Å². The molecule has 1 saturated carbocycles. The molecule has 4 aromatic rings. The summed E-state index contributed by atoms with van der Waals surface area (Å²) in [5.41, 5.74) is -0.139. The highest BCUT2D eigenvalue weighted by Gasteiger charge is 2.53. The summed E-state index contributed by atoms with van der Waals surface area (Å²) in [5.74, 6) is 0.128. The van der Waals surface area contributed by atoms with Crippen molar-refractivity contribution in [1.29, 1.82) is 0 Å². The standard InChI is InChI=1S/C43H50F2N6O5S/c1-3-39-46-20-23-50(39)29-43(31-8-5-9-32(44)24-31,37-12-7-13-38(37)48-41(53)54)30-18-21-49(22-19-30)26-42(45)27-51(28-42)34-14-16-35(17-15-34)57(55,56)36-11-6-10-33(25-36)47-40(52)4-2/h4-6,8-11,14-17,20,23-25,30,37-38,48H,2-3,7,12-13,18-19,21-22,26-29H2,1H3,(H,47,52)(H,53,54)/t37-,38-,43-/m0/s1. The van der Waals surface area contributed by atoms with Gasteiger partial charge in [0.1, 0.15) is 11.6 Å². The molecule has 3 heterocycles. The Hall–Kier alpha value is -5.08. The number of alkyl halides is 1. The van der Waals surface area contributed by atoms with Crippen molar-refractivity contribution in [3.8, 4) is 0 Å². The van der Waals surface area contributed by atoms with E-state index in [-0.39, 0.29) is 53.1 Å². The molecule has 57 heavy (non-hydrogen) atoms. The number of amides is 2. The number of nitrogens with zero attached hydrogens (tertiary/aromatic N) is 4. The van der Waals surface area contributed by atoms with Gasteiger partial charge in [-0.15, -0.1) is 0 Å². The minimum atomic E-state index is -3.87. The molecular formula is C43H50F2N6O5S. The Balaban J connectivity index is 1.04. The van der Waals surface area contributed by atoms with Crippen LogP contribution in [0.15, 0.2) is 108 Å². The molecular weight excluding hydrogens is 751 g/mol. The number of sulfone groups is 1. The first-order chi connectivity index (χ1) is 27.3. The number of carboxylic acid groups (broad SMARTS) is 1. The van der Waals surface area contributed by atoms with Crippen LogP contribution in [0.25, 0.3) is 0 Å². The molecule has 3 N–H and O–H groups in total. The van der Waals surface area contributed by atoms with Gasteiger partial charge in [0.15, 0.2) is 5.67 Å². The maximum absolute atomic E-state index is 16.3. The molecule has 14 heteroatoms. The van der Waals surface area contributed by atoms with Crippen molar-refractivity contribution < 1.29 is 31.9 Å². The van der Waals surface area contributed by atoms with Gasteiger partial charge in [0.2, 0.25) is 15.7 Å². The molecule has 3 aromatic carbocycles. The number of halogens is 2. The van der Waals surface area contributed by atoms with Crippen LogP contribution in [0.1, 0.15) is 50.4 Å². The Morgan fingerprint density at radius 2 is 1.75 bits per heavy atom. The molecule has 1 aliphatic carbocycles. The zero-order valence-electron chi connectivity index (χ0n) is 32.1. The second-order valence-corrected chi connectivity index (χ2v) is 17.7. The van der Waals surface area contributed by atoms with Crippen molar-refractivity contribution in [1.82, 2.24) is 19.8 Å². The van der Waals surface area contributed by atoms with Crippen LogP contribution >= 0.6 is 0 Å². The van der Waals surface area contributed by atoms with Gasteiger partial charge in [0, 0.05) is 54.7 Å². The van der Waals surface area contributed by atoms with E-state index in [4.69, 9.17) is 0 Å². The van der Waals surface area contributed by atoms with Crippen molar-refractivity contribution in [2.24, 2.45) is 11.8 Å². The van der Waals surface area contributed by atoms with E-state index in [1.54, 1.807) is 42.6 Å². The zero-order valence-corrected chi connectivity index (χ0v) is 32.9. The van der Waals surface area contributed by atoms with E-state index in [0.717, 1.165) is 55.3 Å². The largest absolute Gasteiger partial charge is 0.465 e. The lowest BCUT2D eigenvalue weighted by atomic mass is 9.58. The normalized spacial score (nSPS) is 21.0. The van der Waals surface area contributed by atoms with Crippen LogP contribution in [0.2, 0.25) is 0 Å². The number of hydrogen-bond acceptors (Lipinski definition) is 7. The maximum Gasteiger partial charge on any atom is 0.404 e. The third-order valence-corrected chi connectivity index (χ3v) is 14.0. The summed E-state index contributed by atoms with van der Waals surface area (Å²) in [6, 6.07) is 18.9. The number of likely N-dealkylation sites (tertiary alicyclic amines) is 1. The number of aromatic nitrogens is 2. The molecule has 2 amide bonds. The molecule has 11 nitrogen and oxygen atoms in total. The fourth-order valence-corrected chi connectivity index (χ4v) is 11.0. The number of piperidine rings is 1. The Morgan fingerprint density at radius 3 is 2.44 bits per heavy atom. The first-order valence-corrected chi connectivity index (χ1v) is 21.1. The summed E-state index contributed by atoms with van der Waals surface area (Å²) >= 11 is 0. The number of nitrogens with one attached hydrogen (secondary N) is 2. The number of imidazole rings is 1. The van der Waals surface area contributed by atoms with E-state index in [9.17, 15) is 23.1 Å². The molecule has 0 spiro atoms. The van der Waals surface area contributed by atoms with E-state index in [1.807, 2.05) is 17.2 Å². The van der Waals surface area contributed by atoms with Gasteiger partial charge in [-0.1, -0.05) is 38.1 Å². The monoisotopic (exact) mass is 800 g/mol. The quantitative estimate of drug-likeness (QED) is 0.118. The molecule has 2 aliphatic heterocycles. The van der Waals surface area contributed by atoms with Gasteiger partial charge in [0.05, 0.1) is 22.9 Å². The minimum Gasteiger partial charge on any atom is -0.465 e. The van der Waals surface area contributed by atoms with Gasteiger partial charge >= 0.3 is 6.09 Å². The van der Waals surface area contributed by atoms with Crippen molar-refractivity contribution in [3.05, 3.63) is 115 Å². The van der Waals surface area contributed by atoms with E-state index in [1.165, 1.54) is 30.3 Å². The predicted molar refractivity (Wildman–Crippen MR) is 214 cm³/mol. The molecule has 7 rings (SSSR count). The number of rotatable bonds is 14. The third-order valence-electron chi connectivity index (χ3n) is 12.3. The molecule has 1 aromatic heterocycles. The van der Waals surface area contributed by atoms with E-state index in [0.29, 0.717) is 31.7 Å². The van der Waals surface area contributed by atoms with Crippen LogP contribution in [-0.4, -0.2) is 84.4 Å². The molecule has 2 saturated heterocycles. The summed E-state index contributed by atoms with van der Waals surface area (Å²) in [6.07, 6.45) is 8.36. The predicted octanol–water partition coefficient (Wildman–Crippen LogP) is 6.86. The van der Waals surface area contributed by atoms with Gasteiger partial charge < -0.3 is 25.2 Å². The Morgan fingerprint density at radius 1 is 1.02 bits per heavy atom.